The molecule has 1 N–H and O–H groups in total. The summed E-state index contributed by atoms with van der Waals surface area (Å²) in [5.41, 5.74) is 4.55. The summed E-state index contributed by atoms with van der Waals surface area (Å²) in [4.78, 5) is 15.6. The van der Waals surface area contributed by atoms with Crippen molar-refractivity contribution in [1.82, 2.24) is 10.2 Å². The molecule has 0 radical (unpaired) electrons. The molecule has 1 amide bonds. The van der Waals surface area contributed by atoms with Crippen molar-refractivity contribution < 1.29 is 9.53 Å². The topological polar surface area (TPSA) is 41.6 Å². The van der Waals surface area contributed by atoms with E-state index < -0.39 is 0 Å². The lowest BCUT2D eigenvalue weighted by Gasteiger charge is -2.39. The molecule has 4 nitrogen and oxygen atoms in total. The first-order chi connectivity index (χ1) is 15.3. The molecule has 0 aromatic heterocycles. The summed E-state index contributed by atoms with van der Waals surface area (Å²) in [6, 6.07) is 28.6. The molecule has 4 heteroatoms. The van der Waals surface area contributed by atoms with E-state index in [0.717, 1.165) is 37.1 Å². The molecular formula is C27H28N2O2. The van der Waals surface area contributed by atoms with Gasteiger partial charge in [-0.3, -0.25) is 9.69 Å². The lowest BCUT2D eigenvalue weighted by molar-refractivity contribution is -0.123. The summed E-state index contributed by atoms with van der Waals surface area (Å²) in [7, 11) is 0. The van der Waals surface area contributed by atoms with Crippen molar-refractivity contribution in [3.63, 3.8) is 0 Å². The number of carbonyl (C=O) groups excluding carboxylic acids is 1. The van der Waals surface area contributed by atoms with Gasteiger partial charge >= 0.3 is 0 Å². The van der Waals surface area contributed by atoms with Crippen LogP contribution in [0.4, 0.5) is 0 Å². The van der Waals surface area contributed by atoms with Gasteiger partial charge in [-0.2, -0.15) is 0 Å². The molecule has 0 atom stereocenters. The lowest BCUT2D eigenvalue weighted by atomic mass is 9.84. The summed E-state index contributed by atoms with van der Waals surface area (Å²) in [6.07, 6.45) is 1.92. The number of hydrogen-bond acceptors (Lipinski definition) is 3. The number of benzene rings is 3. The third-order valence-electron chi connectivity index (χ3n) is 6.68. The van der Waals surface area contributed by atoms with Crippen molar-refractivity contribution in [2.24, 2.45) is 0 Å². The van der Waals surface area contributed by atoms with E-state index in [-0.39, 0.29) is 17.4 Å². The average molecular weight is 413 g/mol. The Morgan fingerprint density at radius 1 is 0.871 bits per heavy atom. The highest BCUT2D eigenvalue weighted by Crippen LogP contribution is 2.43. The van der Waals surface area contributed by atoms with Gasteiger partial charge in [0.05, 0.1) is 24.8 Å². The highest BCUT2D eigenvalue weighted by molar-refractivity contribution is 5.87. The molecule has 0 saturated carbocycles. The number of hydrogen-bond donors (Lipinski definition) is 1. The monoisotopic (exact) mass is 412 g/mol. The Morgan fingerprint density at radius 3 is 2.10 bits per heavy atom. The van der Waals surface area contributed by atoms with Crippen LogP contribution in [0.1, 0.15) is 41.0 Å². The van der Waals surface area contributed by atoms with Crippen molar-refractivity contribution in [2.75, 3.05) is 19.8 Å². The second-order valence-corrected chi connectivity index (χ2v) is 8.51. The van der Waals surface area contributed by atoms with Crippen LogP contribution in [0.25, 0.3) is 0 Å². The Morgan fingerprint density at radius 2 is 1.45 bits per heavy atom. The van der Waals surface area contributed by atoms with Crippen LogP contribution in [0.5, 0.6) is 0 Å². The fourth-order valence-electron chi connectivity index (χ4n) is 4.95. The van der Waals surface area contributed by atoms with Crippen LogP contribution in [-0.4, -0.2) is 30.6 Å². The second kappa shape index (κ2) is 8.66. The first-order valence-corrected chi connectivity index (χ1v) is 11.1. The van der Waals surface area contributed by atoms with E-state index in [1.165, 1.54) is 11.1 Å². The fourth-order valence-corrected chi connectivity index (χ4v) is 4.95. The summed E-state index contributed by atoms with van der Waals surface area (Å²) in [6.45, 7) is 3.10. The second-order valence-electron chi connectivity index (χ2n) is 8.51. The number of rotatable bonds is 5. The number of ether oxygens (including phenoxy) is 1. The van der Waals surface area contributed by atoms with Gasteiger partial charge < -0.3 is 10.1 Å². The maximum absolute atomic E-state index is 13.2. The third-order valence-corrected chi connectivity index (χ3v) is 6.68. The van der Waals surface area contributed by atoms with Crippen molar-refractivity contribution >= 4 is 5.91 Å². The quantitative estimate of drug-likeness (QED) is 0.675. The zero-order chi connectivity index (χ0) is 21.1. The Kier molecular flexibility index (Phi) is 5.58. The van der Waals surface area contributed by atoms with Crippen molar-refractivity contribution in [2.45, 2.75) is 31.0 Å². The smallest absolute Gasteiger partial charge is 0.233 e. The molecule has 5 rings (SSSR count). The molecule has 2 aliphatic rings. The first kappa shape index (κ1) is 20.0. The Balaban J connectivity index is 1.23. The van der Waals surface area contributed by atoms with Crippen LogP contribution in [-0.2, 0) is 21.7 Å². The van der Waals surface area contributed by atoms with Crippen molar-refractivity contribution in [1.29, 1.82) is 0 Å². The van der Waals surface area contributed by atoms with Gasteiger partial charge in [-0.1, -0.05) is 84.9 Å². The molecule has 1 fully saturated rings. The van der Waals surface area contributed by atoms with Crippen LogP contribution in [0, 0.1) is 0 Å². The van der Waals surface area contributed by atoms with E-state index in [0.29, 0.717) is 13.3 Å². The minimum Gasteiger partial charge on any atom is -0.365 e. The van der Waals surface area contributed by atoms with Gasteiger partial charge in [0.25, 0.3) is 0 Å². The standard InChI is InChI=1S/C27H28N2O2/c30-26(25(21-9-3-1-4-10-21)22-11-5-2-6-12-22)28-20-29-17-15-27(16-18-29)24-14-8-7-13-23(24)19-31-27/h1-14,25H,15-20H2,(H,28,30). The Hall–Kier alpha value is -2.95. The Bertz CT molecular complexity index is 988. The van der Waals surface area contributed by atoms with E-state index in [9.17, 15) is 4.79 Å². The molecule has 2 heterocycles. The molecule has 0 unspecified atom stereocenters. The van der Waals surface area contributed by atoms with Gasteiger partial charge in [0.15, 0.2) is 0 Å². The van der Waals surface area contributed by atoms with E-state index in [4.69, 9.17) is 4.74 Å². The zero-order valence-electron chi connectivity index (χ0n) is 17.7. The number of amides is 1. The van der Waals surface area contributed by atoms with Crippen LogP contribution < -0.4 is 5.32 Å². The van der Waals surface area contributed by atoms with E-state index in [1.54, 1.807) is 0 Å². The highest BCUT2D eigenvalue weighted by Gasteiger charge is 2.42. The summed E-state index contributed by atoms with van der Waals surface area (Å²) in [5, 5.41) is 3.19. The first-order valence-electron chi connectivity index (χ1n) is 11.1. The summed E-state index contributed by atoms with van der Waals surface area (Å²) < 4.78 is 6.27. The van der Waals surface area contributed by atoms with Crippen molar-refractivity contribution in [3.05, 3.63) is 107 Å². The molecular weight excluding hydrogens is 384 g/mol. The number of fused-ring (bicyclic) bond motifs is 2. The predicted molar refractivity (Wildman–Crippen MR) is 121 cm³/mol. The maximum Gasteiger partial charge on any atom is 0.233 e. The number of likely N-dealkylation sites (tertiary alicyclic amines) is 1. The van der Waals surface area contributed by atoms with Crippen molar-refractivity contribution in [3.8, 4) is 0 Å². The molecule has 2 aliphatic heterocycles. The SMILES string of the molecule is O=C(NCN1CCC2(CC1)OCc1ccccc12)C(c1ccccc1)c1ccccc1. The maximum atomic E-state index is 13.2. The van der Waals surface area contributed by atoms with Gasteiger partial charge in [-0.05, 0) is 35.1 Å². The van der Waals surface area contributed by atoms with E-state index >= 15 is 0 Å². The molecule has 0 bridgehead atoms. The molecule has 158 valence electrons. The fraction of sp³-hybridized carbons (Fsp3) is 0.296. The average Bonchev–Trinajstić information content (AvgIpc) is 3.19. The van der Waals surface area contributed by atoms with Gasteiger partial charge in [-0.15, -0.1) is 0 Å². The van der Waals surface area contributed by atoms with Crippen LogP contribution >= 0.6 is 0 Å². The molecule has 3 aromatic carbocycles. The van der Waals surface area contributed by atoms with Gasteiger partial charge in [0.1, 0.15) is 0 Å². The normalized spacial score (nSPS) is 17.6. The minimum atomic E-state index is -0.302. The van der Waals surface area contributed by atoms with Gasteiger partial charge in [0.2, 0.25) is 5.91 Å². The molecule has 3 aromatic rings. The number of nitrogens with one attached hydrogen (secondary N) is 1. The number of carbonyl (C=O) groups is 1. The van der Waals surface area contributed by atoms with Crippen LogP contribution in [0.3, 0.4) is 0 Å². The van der Waals surface area contributed by atoms with Gasteiger partial charge in [-0.25, -0.2) is 0 Å². The van der Waals surface area contributed by atoms with Crippen LogP contribution in [0.15, 0.2) is 84.9 Å². The Labute approximate surface area is 183 Å². The predicted octanol–water partition coefficient (Wildman–Crippen LogP) is 4.41. The molecule has 31 heavy (non-hydrogen) atoms. The summed E-state index contributed by atoms with van der Waals surface area (Å²) in [5.74, 6) is -0.260. The molecule has 1 saturated heterocycles. The molecule has 0 aliphatic carbocycles. The lowest BCUT2D eigenvalue weighted by Crippen LogP contribution is -2.47. The van der Waals surface area contributed by atoms with E-state index in [2.05, 4.69) is 34.5 Å². The van der Waals surface area contributed by atoms with Crippen LogP contribution in [0.2, 0.25) is 0 Å². The largest absolute Gasteiger partial charge is 0.365 e. The molecule has 1 spiro atoms. The van der Waals surface area contributed by atoms with Gasteiger partial charge in [0, 0.05) is 13.1 Å². The van der Waals surface area contributed by atoms with E-state index in [1.807, 2.05) is 60.7 Å². The summed E-state index contributed by atoms with van der Waals surface area (Å²) >= 11 is 0. The number of piperidine rings is 1. The highest BCUT2D eigenvalue weighted by atomic mass is 16.5. The third kappa shape index (κ3) is 4.01. The zero-order valence-corrected chi connectivity index (χ0v) is 17.7. The minimum absolute atomic E-state index is 0.0418. The number of nitrogens with zero attached hydrogens (tertiary/aromatic N) is 1.